The van der Waals surface area contributed by atoms with Gasteiger partial charge in [-0.3, -0.25) is 19.5 Å². The second-order valence-corrected chi connectivity index (χ2v) is 10.7. The van der Waals surface area contributed by atoms with E-state index in [4.69, 9.17) is 5.73 Å². The van der Waals surface area contributed by atoms with E-state index in [0.717, 1.165) is 27.3 Å². The highest BCUT2D eigenvalue weighted by atomic mass is 79.9. The number of rotatable bonds is 5. The molecule has 8 nitrogen and oxygen atoms in total. The van der Waals surface area contributed by atoms with E-state index in [1.165, 1.54) is 49.6 Å². The van der Waals surface area contributed by atoms with Gasteiger partial charge in [0.25, 0.3) is 5.91 Å². The van der Waals surface area contributed by atoms with Gasteiger partial charge < -0.3 is 11.1 Å². The Kier molecular flexibility index (Phi) is 5.10. The number of anilines is 1. The third-order valence-corrected chi connectivity index (χ3v) is 8.38. The number of hydrogen-bond donors (Lipinski definition) is 2. The summed E-state index contributed by atoms with van der Waals surface area (Å²) in [6, 6.07) is 1.90. The molecule has 1 saturated carbocycles. The first-order valence-corrected chi connectivity index (χ1v) is 12.0. The molecular formula is C21H23BrN6O2S. The minimum absolute atomic E-state index is 0.0191. The van der Waals surface area contributed by atoms with Gasteiger partial charge in [-0.2, -0.15) is 5.10 Å². The number of amides is 2. The number of primary amides is 1. The summed E-state index contributed by atoms with van der Waals surface area (Å²) in [5.74, 6) is -0.535. The maximum atomic E-state index is 12.8. The average Bonchev–Trinajstić information content (AvgIpc) is 3.36. The zero-order valence-electron chi connectivity index (χ0n) is 17.2. The van der Waals surface area contributed by atoms with Gasteiger partial charge in [0.05, 0.1) is 39.7 Å². The van der Waals surface area contributed by atoms with Crippen molar-refractivity contribution < 1.29 is 9.59 Å². The van der Waals surface area contributed by atoms with Crippen molar-refractivity contribution >= 4 is 49.6 Å². The highest BCUT2D eigenvalue weighted by Gasteiger charge is 2.45. The molecule has 3 N–H and O–H groups in total. The van der Waals surface area contributed by atoms with Crippen LogP contribution < -0.4 is 11.1 Å². The third kappa shape index (κ3) is 3.46. The second-order valence-electron chi connectivity index (χ2n) is 8.37. The quantitative estimate of drug-likeness (QED) is 0.554. The molecule has 0 atom stereocenters. The van der Waals surface area contributed by atoms with Crippen LogP contribution in [0.3, 0.4) is 0 Å². The van der Waals surface area contributed by atoms with Crippen LogP contribution in [0.2, 0.25) is 0 Å². The normalized spacial score (nSPS) is 17.9. The molecule has 0 aromatic carbocycles. The fourth-order valence-electron chi connectivity index (χ4n) is 4.81. The van der Waals surface area contributed by atoms with Gasteiger partial charge in [0.1, 0.15) is 4.83 Å². The first-order valence-electron chi connectivity index (χ1n) is 10.4. The summed E-state index contributed by atoms with van der Waals surface area (Å²) in [7, 11) is 0. The first-order chi connectivity index (χ1) is 14.9. The molecule has 2 fully saturated rings. The lowest BCUT2D eigenvalue weighted by atomic mass is 9.75. The standard InChI is InChI=1S/C21H23BrN6O2S/c1-12-14(17-18(22)31-20-15(19(23)30)10-25-28(17)20)8-13(9-24-12)26-16(29)11-27-7-3-6-21(27)4-2-5-21/h8-10H,2-7,11H2,1H3,(H2,23,30)(H,26,29). The molecule has 5 rings (SSSR count). The highest BCUT2D eigenvalue weighted by molar-refractivity contribution is 9.11. The summed E-state index contributed by atoms with van der Waals surface area (Å²) in [6.45, 7) is 3.31. The largest absolute Gasteiger partial charge is 0.365 e. The summed E-state index contributed by atoms with van der Waals surface area (Å²) in [4.78, 5) is 32.0. The van der Waals surface area contributed by atoms with E-state index in [2.05, 4.69) is 36.2 Å². The molecule has 31 heavy (non-hydrogen) atoms. The van der Waals surface area contributed by atoms with Crippen LogP contribution in [0.15, 0.2) is 22.2 Å². The number of likely N-dealkylation sites (tertiary alicyclic amines) is 1. The molecule has 3 aromatic heterocycles. The van der Waals surface area contributed by atoms with Crippen LogP contribution >= 0.6 is 27.3 Å². The highest BCUT2D eigenvalue weighted by Crippen LogP contribution is 2.45. The number of halogens is 1. The topological polar surface area (TPSA) is 106 Å². The number of aryl methyl sites for hydroxylation is 1. The van der Waals surface area contributed by atoms with Crippen molar-refractivity contribution in [1.82, 2.24) is 19.5 Å². The Morgan fingerprint density at radius 3 is 2.77 bits per heavy atom. The number of nitrogens with zero attached hydrogens (tertiary/aromatic N) is 4. The molecule has 1 aliphatic carbocycles. The summed E-state index contributed by atoms with van der Waals surface area (Å²) < 4.78 is 2.50. The van der Waals surface area contributed by atoms with Crippen molar-refractivity contribution in [2.75, 3.05) is 18.4 Å². The van der Waals surface area contributed by atoms with Crippen LogP contribution in [0.5, 0.6) is 0 Å². The Labute approximate surface area is 191 Å². The predicted molar refractivity (Wildman–Crippen MR) is 123 cm³/mol. The monoisotopic (exact) mass is 502 g/mol. The van der Waals surface area contributed by atoms with Gasteiger partial charge in [0, 0.05) is 16.8 Å². The Morgan fingerprint density at radius 2 is 2.06 bits per heavy atom. The average molecular weight is 503 g/mol. The van der Waals surface area contributed by atoms with Crippen LogP contribution in [0, 0.1) is 6.92 Å². The Morgan fingerprint density at radius 1 is 1.29 bits per heavy atom. The van der Waals surface area contributed by atoms with Crippen molar-refractivity contribution in [1.29, 1.82) is 0 Å². The maximum Gasteiger partial charge on any atom is 0.253 e. The summed E-state index contributed by atoms with van der Waals surface area (Å²) >= 11 is 4.98. The predicted octanol–water partition coefficient (Wildman–Crippen LogP) is 3.58. The fourth-order valence-corrected chi connectivity index (χ4v) is 6.60. The van der Waals surface area contributed by atoms with Crippen LogP contribution in [-0.2, 0) is 4.79 Å². The van der Waals surface area contributed by atoms with Crippen LogP contribution in [0.25, 0.3) is 16.1 Å². The zero-order chi connectivity index (χ0) is 21.8. The smallest absolute Gasteiger partial charge is 0.253 e. The second kappa shape index (κ2) is 7.68. The van der Waals surface area contributed by atoms with Crippen molar-refractivity contribution in [3.05, 3.63) is 33.5 Å². The van der Waals surface area contributed by atoms with Crippen LogP contribution in [-0.4, -0.2) is 49.9 Å². The van der Waals surface area contributed by atoms with Crippen LogP contribution in [0.4, 0.5) is 5.69 Å². The molecule has 1 aliphatic heterocycles. The Balaban J connectivity index is 1.41. The molecule has 2 amide bonds. The lowest BCUT2D eigenvalue weighted by Gasteiger charge is -2.45. The van der Waals surface area contributed by atoms with Gasteiger partial charge in [0.2, 0.25) is 5.91 Å². The van der Waals surface area contributed by atoms with E-state index in [1.54, 1.807) is 10.7 Å². The molecule has 3 aromatic rings. The van der Waals surface area contributed by atoms with Crippen molar-refractivity contribution in [3.8, 4) is 11.3 Å². The van der Waals surface area contributed by atoms with E-state index in [0.29, 0.717) is 22.6 Å². The molecular weight excluding hydrogens is 480 g/mol. The summed E-state index contributed by atoms with van der Waals surface area (Å²) in [5.41, 5.74) is 9.15. The first kappa shape index (κ1) is 20.6. The van der Waals surface area contributed by atoms with Gasteiger partial charge in [0.15, 0.2) is 0 Å². The van der Waals surface area contributed by atoms with E-state index in [-0.39, 0.29) is 11.4 Å². The van der Waals surface area contributed by atoms with Gasteiger partial charge in [-0.1, -0.05) is 0 Å². The molecule has 1 saturated heterocycles. The number of carbonyl (C=O) groups is 2. The molecule has 10 heteroatoms. The number of thiazole rings is 1. The number of hydrogen-bond acceptors (Lipinski definition) is 6. The van der Waals surface area contributed by atoms with E-state index in [1.807, 2.05) is 13.0 Å². The van der Waals surface area contributed by atoms with Gasteiger partial charge in [-0.25, -0.2) is 4.52 Å². The number of fused-ring (bicyclic) bond motifs is 1. The molecule has 0 radical (unpaired) electrons. The summed E-state index contributed by atoms with van der Waals surface area (Å²) in [5, 5.41) is 7.36. The van der Waals surface area contributed by atoms with Crippen molar-refractivity contribution in [3.63, 3.8) is 0 Å². The number of nitrogens with two attached hydrogens (primary N) is 1. The van der Waals surface area contributed by atoms with E-state index in [9.17, 15) is 9.59 Å². The van der Waals surface area contributed by atoms with Crippen LogP contribution in [0.1, 0.15) is 48.2 Å². The van der Waals surface area contributed by atoms with E-state index < -0.39 is 5.91 Å². The van der Waals surface area contributed by atoms with Gasteiger partial charge in [-0.05, 0) is 67.6 Å². The molecule has 162 valence electrons. The maximum absolute atomic E-state index is 12.8. The molecule has 4 heterocycles. The van der Waals surface area contributed by atoms with E-state index >= 15 is 0 Å². The SMILES string of the molecule is Cc1ncc(NC(=O)CN2CCCC23CCC3)cc1-c1c(Br)sc2c(C(N)=O)cnn12. The minimum atomic E-state index is -0.516. The number of carbonyl (C=O) groups excluding carboxylic acids is 2. The molecule has 0 unspecified atom stereocenters. The number of pyridine rings is 1. The third-order valence-electron chi connectivity index (χ3n) is 6.56. The lowest BCUT2D eigenvalue weighted by molar-refractivity contribution is -0.119. The number of aromatic nitrogens is 3. The molecule has 0 bridgehead atoms. The lowest BCUT2D eigenvalue weighted by Crippen LogP contribution is -2.51. The Hall–Kier alpha value is -2.30. The number of nitrogens with one attached hydrogen (secondary N) is 1. The van der Waals surface area contributed by atoms with Gasteiger partial charge in [-0.15, -0.1) is 11.3 Å². The van der Waals surface area contributed by atoms with Crippen molar-refractivity contribution in [2.45, 2.75) is 44.6 Å². The van der Waals surface area contributed by atoms with Crippen molar-refractivity contribution in [2.24, 2.45) is 5.73 Å². The fraction of sp³-hybridized carbons (Fsp3) is 0.429. The zero-order valence-corrected chi connectivity index (χ0v) is 19.6. The van der Waals surface area contributed by atoms with Gasteiger partial charge >= 0.3 is 0 Å². The Bertz CT molecular complexity index is 1200. The molecule has 1 spiro atoms. The molecule has 2 aliphatic rings. The summed E-state index contributed by atoms with van der Waals surface area (Å²) in [6.07, 6.45) is 9.20. The minimum Gasteiger partial charge on any atom is -0.365 e.